The van der Waals surface area contributed by atoms with Crippen LogP contribution in [0.3, 0.4) is 0 Å². The van der Waals surface area contributed by atoms with Gasteiger partial charge in [0, 0.05) is 5.02 Å². The second-order valence-corrected chi connectivity index (χ2v) is 6.51. The van der Waals surface area contributed by atoms with Crippen LogP contribution in [0.5, 0.6) is 0 Å². The molecule has 0 bridgehead atoms. The molecule has 1 saturated carbocycles. The first-order valence-corrected chi connectivity index (χ1v) is 6.96. The van der Waals surface area contributed by atoms with Crippen LogP contribution in [0, 0.1) is 0 Å². The van der Waals surface area contributed by atoms with Crippen molar-refractivity contribution in [1.29, 1.82) is 0 Å². The van der Waals surface area contributed by atoms with Crippen LogP contribution in [0.25, 0.3) is 0 Å². The van der Waals surface area contributed by atoms with Crippen molar-refractivity contribution in [1.82, 2.24) is 5.32 Å². The maximum atomic E-state index is 12.0. The summed E-state index contributed by atoms with van der Waals surface area (Å²) in [5.74, 6) is 0. The highest BCUT2D eigenvalue weighted by Crippen LogP contribution is 2.42. The van der Waals surface area contributed by atoms with Crippen molar-refractivity contribution in [3.05, 3.63) is 34.9 Å². The molecule has 0 heterocycles. The largest absolute Gasteiger partial charge is 0.444 e. The van der Waals surface area contributed by atoms with Crippen molar-refractivity contribution >= 4 is 17.7 Å². The van der Waals surface area contributed by atoms with Gasteiger partial charge in [-0.25, -0.2) is 4.79 Å². The molecular formula is C15H20ClNO2. The number of hydrogen-bond acceptors (Lipinski definition) is 2. The van der Waals surface area contributed by atoms with E-state index >= 15 is 0 Å². The molecule has 0 aromatic heterocycles. The average Bonchev–Trinajstić information content (AvgIpc) is 2.21. The number of hydrogen-bond donors (Lipinski definition) is 1. The Balaban J connectivity index is 2.13. The molecule has 1 aliphatic carbocycles. The molecule has 0 unspecified atom stereocenters. The molecule has 0 spiro atoms. The third-order valence-electron chi connectivity index (χ3n) is 3.32. The molecule has 0 aliphatic heterocycles. The Kier molecular flexibility index (Phi) is 3.77. The standard InChI is InChI=1S/C15H20ClNO2/c1-14(2,3)19-13(18)17-15(8-5-9-15)11-6-4-7-12(16)10-11/h4,6-7,10H,5,8-9H2,1-3H3,(H,17,18). The van der Waals surface area contributed by atoms with Gasteiger partial charge in [-0.15, -0.1) is 0 Å². The summed E-state index contributed by atoms with van der Waals surface area (Å²) in [5, 5.41) is 3.70. The van der Waals surface area contributed by atoms with Gasteiger partial charge in [0.25, 0.3) is 0 Å². The summed E-state index contributed by atoms with van der Waals surface area (Å²) in [5.41, 5.74) is 0.258. The number of rotatable bonds is 2. The lowest BCUT2D eigenvalue weighted by Gasteiger charge is -2.43. The van der Waals surface area contributed by atoms with Gasteiger partial charge >= 0.3 is 6.09 Å². The zero-order valence-electron chi connectivity index (χ0n) is 11.6. The molecule has 4 heteroatoms. The van der Waals surface area contributed by atoms with Gasteiger partial charge in [-0.3, -0.25) is 0 Å². The normalized spacial score (nSPS) is 17.5. The number of alkyl carbamates (subject to hydrolysis) is 1. The Morgan fingerprint density at radius 3 is 2.53 bits per heavy atom. The maximum absolute atomic E-state index is 12.0. The van der Waals surface area contributed by atoms with Crippen molar-refractivity contribution in [3.8, 4) is 0 Å². The van der Waals surface area contributed by atoms with Gasteiger partial charge in [0.15, 0.2) is 0 Å². The van der Waals surface area contributed by atoms with Crippen LogP contribution in [0.1, 0.15) is 45.6 Å². The highest BCUT2D eigenvalue weighted by Gasteiger charge is 2.41. The van der Waals surface area contributed by atoms with Gasteiger partial charge in [-0.2, -0.15) is 0 Å². The Morgan fingerprint density at radius 1 is 1.37 bits per heavy atom. The third kappa shape index (κ3) is 3.41. The topological polar surface area (TPSA) is 38.3 Å². The van der Waals surface area contributed by atoms with Crippen LogP contribution in [0.2, 0.25) is 5.02 Å². The van der Waals surface area contributed by atoms with Crippen LogP contribution in [0.4, 0.5) is 4.79 Å². The number of nitrogens with one attached hydrogen (secondary N) is 1. The van der Waals surface area contributed by atoms with E-state index in [1.165, 1.54) is 0 Å². The summed E-state index contributed by atoms with van der Waals surface area (Å²) in [6.07, 6.45) is 2.58. The molecule has 0 radical (unpaired) electrons. The van der Waals surface area contributed by atoms with Gasteiger partial charge in [-0.1, -0.05) is 23.7 Å². The van der Waals surface area contributed by atoms with Crippen molar-refractivity contribution in [3.63, 3.8) is 0 Å². The predicted molar refractivity (Wildman–Crippen MR) is 76.4 cm³/mol. The van der Waals surface area contributed by atoms with E-state index < -0.39 is 5.60 Å². The average molecular weight is 282 g/mol. The SMILES string of the molecule is CC(C)(C)OC(=O)NC1(c2cccc(Cl)c2)CCC1. The predicted octanol–water partition coefficient (Wildman–Crippen LogP) is 4.24. The molecule has 1 fully saturated rings. The zero-order chi connectivity index (χ0) is 14.1. The van der Waals surface area contributed by atoms with Crippen LogP contribution in [-0.2, 0) is 10.3 Å². The first-order valence-electron chi connectivity index (χ1n) is 6.58. The summed E-state index contributed by atoms with van der Waals surface area (Å²) >= 11 is 6.03. The molecular weight excluding hydrogens is 262 g/mol. The number of carbonyl (C=O) groups is 1. The highest BCUT2D eigenvalue weighted by molar-refractivity contribution is 6.30. The number of ether oxygens (including phenoxy) is 1. The summed E-state index contributed by atoms with van der Waals surface area (Å²) in [6, 6.07) is 7.67. The molecule has 3 nitrogen and oxygen atoms in total. The van der Waals surface area contributed by atoms with Gasteiger partial charge in [0.2, 0.25) is 0 Å². The van der Waals surface area contributed by atoms with E-state index in [1.807, 2.05) is 45.0 Å². The van der Waals surface area contributed by atoms with E-state index in [-0.39, 0.29) is 11.6 Å². The fourth-order valence-corrected chi connectivity index (χ4v) is 2.49. The van der Waals surface area contributed by atoms with Gasteiger partial charge in [0.1, 0.15) is 5.60 Å². The lowest BCUT2D eigenvalue weighted by atomic mass is 9.72. The third-order valence-corrected chi connectivity index (χ3v) is 3.56. The van der Waals surface area contributed by atoms with Crippen molar-refractivity contribution in [2.24, 2.45) is 0 Å². The van der Waals surface area contributed by atoms with Crippen molar-refractivity contribution in [2.75, 3.05) is 0 Å². The van der Waals surface area contributed by atoms with Crippen LogP contribution >= 0.6 is 11.6 Å². The second kappa shape index (κ2) is 5.04. The highest BCUT2D eigenvalue weighted by atomic mass is 35.5. The quantitative estimate of drug-likeness (QED) is 0.880. The Hall–Kier alpha value is -1.22. The monoisotopic (exact) mass is 281 g/mol. The molecule has 0 saturated heterocycles. The second-order valence-electron chi connectivity index (χ2n) is 6.07. The fraction of sp³-hybridized carbons (Fsp3) is 0.533. The Labute approximate surface area is 119 Å². The maximum Gasteiger partial charge on any atom is 0.408 e. The van der Waals surface area contributed by atoms with Crippen molar-refractivity contribution < 1.29 is 9.53 Å². The van der Waals surface area contributed by atoms with E-state index in [4.69, 9.17) is 16.3 Å². The smallest absolute Gasteiger partial charge is 0.408 e. The number of carbonyl (C=O) groups excluding carboxylic acids is 1. The van der Waals surface area contributed by atoms with E-state index in [0.29, 0.717) is 5.02 Å². The van der Waals surface area contributed by atoms with Gasteiger partial charge in [0.05, 0.1) is 5.54 Å². The van der Waals surface area contributed by atoms with Crippen LogP contribution in [-0.4, -0.2) is 11.7 Å². The molecule has 2 rings (SSSR count). The van der Waals surface area contributed by atoms with Crippen molar-refractivity contribution in [2.45, 2.75) is 51.2 Å². The summed E-state index contributed by atoms with van der Waals surface area (Å²) in [4.78, 5) is 12.0. The summed E-state index contributed by atoms with van der Waals surface area (Å²) in [6.45, 7) is 5.58. The van der Waals surface area contributed by atoms with Gasteiger partial charge < -0.3 is 10.1 Å². The first kappa shape index (κ1) is 14.2. The van der Waals surface area contributed by atoms with E-state index in [9.17, 15) is 4.79 Å². The molecule has 0 atom stereocenters. The molecule has 19 heavy (non-hydrogen) atoms. The van der Waals surface area contributed by atoms with Crippen LogP contribution in [0.15, 0.2) is 24.3 Å². The minimum absolute atomic E-state index is 0.312. The minimum atomic E-state index is -0.483. The lowest BCUT2D eigenvalue weighted by Crippen LogP contribution is -2.52. The minimum Gasteiger partial charge on any atom is -0.444 e. The molecule has 1 aliphatic rings. The molecule has 1 N–H and O–H groups in total. The number of amides is 1. The van der Waals surface area contributed by atoms with E-state index in [2.05, 4.69) is 5.32 Å². The molecule has 1 aromatic rings. The number of benzene rings is 1. The number of halogens is 1. The van der Waals surface area contributed by atoms with Gasteiger partial charge in [-0.05, 0) is 57.7 Å². The summed E-state index contributed by atoms with van der Waals surface area (Å²) in [7, 11) is 0. The summed E-state index contributed by atoms with van der Waals surface area (Å²) < 4.78 is 5.34. The van der Waals surface area contributed by atoms with Crippen LogP contribution < -0.4 is 5.32 Å². The fourth-order valence-electron chi connectivity index (χ4n) is 2.30. The Morgan fingerprint density at radius 2 is 2.05 bits per heavy atom. The Bertz CT molecular complexity index is 475. The van der Waals surface area contributed by atoms with E-state index in [1.54, 1.807) is 0 Å². The molecule has 1 amide bonds. The molecule has 104 valence electrons. The zero-order valence-corrected chi connectivity index (χ0v) is 12.4. The lowest BCUT2D eigenvalue weighted by molar-refractivity contribution is 0.0377. The molecule has 1 aromatic carbocycles. The first-order chi connectivity index (χ1) is 8.81. The van der Waals surface area contributed by atoms with E-state index in [0.717, 1.165) is 24.8 Å².